The third-order valence-corrected chi connectivity index (χ3v) is 2.53. The summed E-state index contributed by atoms with van der Waals surface area (Å²) in [4.78, 5) is 0. The van der Waals surface area contributed by atoms with Gasteiger partial charge in [-0.2, -0.15) is 5.10 Å². The van der Waals surface area contributed by atoms with E-state index in [1.54, 1.807) is 6.26 Å². The van der Waals surface area contributed by atoms with Gasteiger partial charge in [0.25, 0.3) is 0 Å². The van der Waals surface area contributed by atoms with Gasteiger partial charge in [0.15, 0.2) is 0 Å². The molecule has 0 saturated carbocycles. The summed E-state index contributed by atoms with van der Waals surface area (Å²) in [6.07, 6.45) is 3.61. The van der Waals surface area contributed by atoms with Crippen LogP contribution in [0.2, 0.25) is 0 Å². The number of hydrogen-bond acceptors (Lipinski definition) is 3. The molecule has 2 heterocycles. The van der Waals surface area contributed by atoms with Crippen LogP contribution in [-0.4, -0.2) is 16.3 Å². The maximum Gasteiger partial charge on any atom is 0.138 e. The third-order valence-electron chi connectivity index (χ3n) is 2.53. The molecule has 1 aromatic carbocycles. The molecule has 1 aliphatic heterocycles. The number of ether oxygens (including phenoxy) is 1. The van der Waals surface area contributed by atoms with E-state index in [-0.39, 0.29) is 0 Å². The summed E-state index contributed by atoms with van der Waals surface area (Å²) in [5.41, 5.74) is 7.59. The number of rotatable bonds is 2. The molecule has 0 aliphatic carbocycles. The first-order valence-corrected chi connectivity index (χ1v) is 4.93. The Hall–Kier alpha value is -1.81. The highest BCUT2D eigenvalue weighted by molar-refractivity contribution is 5.93. The second-order valence-corrected chi connectivity index (χ2v) is 3.47. The Labute approximate surface area is 86.9 Å². The molecule has 76 valence electrons. The minimum Gasteiger partial charge on any atom is -0.464 e. The predicted molar refractivity (Wildman–Crippen MR) is 58.4 cm³/mol. The maximum absolute atomic E-state index is 5.55. The first kappa shape index (κ1) is 8.49. The first-order chi connectivity index (χ1) is 7.40. The Balaban J connectivity index is 2.33. The number of aromatic nitrogens is 2. The topological polar surface area (TPSA) is 53.1 Å². The molecule has 1 aromatic heterocycles. The van der Waals surface area contributed by atoms with Crippen LogP contribution < -0.4 is 10.5 Å². The lowest BCUT2D eigenvalue weighted by Gasteiger charge is -2.08. The number of benzene rings is 1. The van der Waals surface area contributed by atoms with E-state index in [2.05, 4.69) is 5.10 Å². The summed E-state index contributed by atoms with van der Waals surface area (Å²) in [6, 6.07) is 5.88. The Morgan fingerprint density at radius 2 is 2.33 bits per heavy atom. The molecular weight excluding hydrogens is 190 g/mol. The summed E-state index contributed by atoms with van der Waals surface area (Å²) in [5, 5.41) is 5.56. The highest BCUT2D eigenvalue weighted by Crippen LogP contribution is 2.32. The monoisotopic (exact) mass is 201 g/mol. The van der Waals surface area contributed by atoms with Crippen molar-refractivity contribution in [2.75, 3.05) is 6.54 Å². The maximum atomic E-state index is 5.55. The van der Waals surface area contributed by atoms with Crippen LogP contribution >= 0.6 is 0 Å². The van der Waals surface area contributed by atoms with Gasteiger partial charge in [0.2, 0.25) is 0 Å². The highest BCUT2D eigenvalue weighted by Gasteiger charge is 2.15. The molecule has 0 atom stereocenters. The molecule has 3 rings (SSSR count). The fourth-order valence-electron chi connectivity index (χ4n) is 1.91. The van der Waals surface area contributed by atoms with Crippen molar-refractivity contribution in [2.24, 2.45) is 5.73 Å². The molecule has 0 bridgehead atoms. The van der Waals surface area contributed by atoms with Crippen molar-refractivity contribution in [1.29, 1.82) is 0 Å². The van der Waals surface area contributed by atoms with Gasteiger partial charge in [0.05, 0.1) is 29.4 Å². The standard InChI is InChI=1S/C11H11N3O/c12-5-6-14-9-4-7-15-10-3-1-2-8(13-14)11(9)10/h1-4,7H,5-6,12H2. The van der Waals surface area contributed by atoms with Crippen LogP contribution in [-0.2, 0) is 6.54 Å². The van der Waals surface area contributed by atoms with Gasteiger partial charge in [-0.3, -0.25) is 4.68 Å². The quantitative estimate of drug-likeness (QED) is 0.798. The Morgan fingerprint density at radius 1 is 1.40 bits per heavy atom. The van der Waals surface area contributed by atoms with Crippen LogP contribution in [0, 0.1) is 0 Å². The van der Waals surface area contributed by atoms with Gasteiger partial charge < -0.3 is 10.5 Å². The van der Waals surface area contributed by atoms with Gasteiger partial charge in [0.1, 0.15) is 5.75 Å². The van der Waals surface area contributed by atoms with E-state index in [1.165, 1.54) is 0 Å². The number of hydrogen-bond donors (Lipinski definition) is 1. The second kappa shape index (κ2) is 3.10. The zero-order valence-corrected chi connectivity index (χ0v) is 8.18. The summed E-state index contributed by atoms with van der Waals surface area (Å²) >= 11 is 0. The van der Waals surface area contributed by atoms with Crippen LogP contribution in [0.3, 0.4) is 0 Å². The minimum absolute atomic E-state index is 0.588. The van der Waals surface area contributed by atoms with Crippen molar-refractivity contribution in [1.82, 2.24) is 9.78 Å². The predicted octanol–water partition coefficient (Wildman–Crippen LogP) is 1.36. The molecule has 2 N–H and O–H groups in total. The van der Waals surface area contributed by atoms with E-state index >= 15 is 0 Å². The first-order valence-electron chi connectivity index (χ1n) is 4.93. The van der Waals surface area contributed by atoms with Crippen molar-refractivity contribution in [3.63, 3.8) is 0 Å². The van der Waals surface area contributed by atoms with E-state index < -0.39 is 0 Å². The van der Waals surface area contributed by atoms with E-state index in [9.17, 15) is 0 Å². The summed E-state index contributed by atoms with van der Waals surface area (Å²) in [5.74, 6) is 0.869. The van der Waals surface area contributed by atoms with Gasteiger partial charge in [-0.25, -0.2) is 0 Å². The fourth-order valence-corrected chi connectivity index (χ4v) is 1.91. The normalized spacial score (nSPS) is 13.1. The number of nitrogens with zero attached hydrogens (tertiary/aromatic N) is 2. The van der Waals surface area contributed by atoms with Crippen molar-refractivity contribution in [3.05, 3.63) is 30.2 Å². The van der Waals surface area contributed by atoms with E-state index in [0.717, 1.165) is 28.9 Å². The SMILES string of the molecule is NCCn1nc2cccc3c2c1C=CO3. The Kier molecular flexibility index (Phi) is 1.76. The van der Waals surface area contributed by atoms with Crippen LogP contribution in [0.5, 0.6) is 5.75 Å². The van der Waals surface area contributed by atoms with Crippen LogP contribution in [0.25, 0.3) is 17.0 Å². The van der Waals surface area contributed by atoms with Gasteiger partial charge in [0, 0.05) is 6.54 Å². The van der Waals surface area contributed by atoms with Crippen LogP contribution in [0.15, 0.2) is 24.5 Å². The van der Waals surface area contributed by atoms with E-state index in [0.29, 0.717) is 6.54 Å². The van der Waals surface area contributed by atoms with Crippen LogP contribution in [0.1, 0.15) is 5.69 Å². The molecule has 0 fully saturated rings. The fraction of sp³-hybridized carbons (Fsp3) is 0.182. The molecule has 0 unspecified atom stereocenters. The van der Waals surface area contributed by atoms with Crippen LogP contribution in [0.4, 0.5) is 0 Å². The average molecular weight is 201 g/mol. The highest BCUT2D eigenvalue weighted by atomic mass is 16.5. The zero-order valence-electron chi connectivity index (χ0n) is 8.18. The Morgan fingerprint density at radius 3 is 3.20 bits per heavy atom. The van der Waals surface area contributed by atoms with Gasteiger partial charge in [-0.15, -0.1) is 0 Å². The van der Waals surface area contributed by atoms with Gasteiger partial charge >= 0.3 is 0 Å². The Bertz CT molecular complexity index is 542. The summed E-state index contributed by atoms with van der Waals surface area (Å²) in [7, 11) is 0. The summed E-state index contributed by atoms with van der Waals surface area (Å²) < 4.78 is 7.35. The molecule has 4 heteroatoms. The zero-order chi connectivity index (χ0) is 10.3. The molecule has 4 nitrogen and oxygen atoms in total. The lowest BCUT2D eigenvalue weighted by Crippen LogP contribution is -2.12. The van der Waals surface area contributed by atoms with E-state index in [1.807, 2.05) is 29.0 Å². The smallest absolute Gasteiger partial charge is 0.138 e. The molecule has 0 saturated heterocycles. The van der Waals surface area contributed by atoms with Gasteiger partial charge in [-0.05, 0) is 18.2 Å². The van der Waals surface area contributed by atoms with Crippen molar-refractivity contribution < 1.29 is 4.74 Å². The van der Waals surface area contributed by atoms with Crippen molar-refractivity contribution in [3.8, 4) is 5.75 Å². The largest absolute Gasteiger partial charge is 0.464 e. The van der Waals surface area contributed by atoms with Gasteiger partial charge in [-0.1, -0.05) is 6.07 Å². The third kappa shape index (κ3) is 1.15. The lowest BCUT2D eigenvalue weighted by molar-refractivity contribution is 0.486. The lowest BCUT2D eigenvalue weighted by atomic mass is 10.1. The summed E-state index contributed by atoms with van der Waals surface area (Å²) in [6.45, 7) is 1.32. The number of nitrogens with two attached hydrogens (primary N) is 1. The molecule has 0 amide bonds. The minimum atomic E-state index is 0.588. The molecular formula is C11H11N3O. The van der Waals surface area contributed by atoms with E-state index in [4.69, 9.17) is 10.5 Å². The van der Waals surface area contributed by atoms with Crippen molar-refractivity contribution >= 4 is 17.0 Å². The molecule has 2 aromatic rings. The van der Waals surface area contributed by atoms with Crippen molar-refractivity contribution in [2.45, 2.75) is 6.54 Å². The molecule has 15 heavy (non-hydrogen) atoms. The average Bonchev–Trinajstić information content (AvgIpc) is 2.61. The molecule has 0 spiro atoms. The molecule has 1 aliphatic rings. The second-order valence-electron chi connectivity index (χ2n) is 3.47. The molecule has 0 radical (unpaired) electrons.